The van der Waals surface area contributed by atoms with Crippen LogP contribution in [0.2, 0.25) is 0 Å². The van der Waals surface area contributed by atoms with Crippen molar-refractivity contribution in [3.63, 3.8) is 0 Å². The van der Waals surface area contributed by atoms with E-state index in [1.54, 1.807) is 0 Å². The maximum atomic E-state index is 5.28. The summed E-state index contributed by atoms with van der Waals surface area (Å²) in [4.78, 5) is 5.28. The van der Waals surface area contributed by atoms with E-state index < -0.39 is 0 Å². The van der Waals surface area contributed by atoms with E-state index in [9.17, 15) is 0 Å². The molecule has 0 aliphatic carbocycles. The Kier molecular flexibility index (Phi) is 7.81. The minimum absolute atomic E-state index is 0.994. The molecule has 0 saturated heterocycles. The highest BCUT2D eigenvalue weighted by molar-refractivity contribution is 6.68. The normalized spacial score (nSPS) is 11.5. The number of rotatable bonds is 5. The number of para-hydroxylation sites is 2. The van der Waals surface area contributed by atoms with Gasteiger partial charge < -0.3 is 0 Å². The van der Waals surface area contributed by atoms with Crippen LogP contribution in [0.3, 0.4) is 0 Å². The van der Waals surface area contributed by atoms with Crippen LogP contribution in [0.4, 0.5) is 0 Å². The predicted molar refractivity (Wildman–Crippen MR) is 239 cm³/mol. The second kappa shape index (κ2) is 12.7. The van der Waals surface area contributed by atoms with Gasteiger partial charge in [0.1, 0.15) is 45.1 Å². The first kappa shape index (κ1) is 32.0. The van der Waals surface area contributed by atoms with Crippen LogP contribution in [0.1, 0.15) is 0 Å². The van der Waals surface area contributed by atoms with Crippen LogP contribution in [0.5, 0.6) is 0 Å². The molecule has 0 saturated carbocycles. The Bertz CT molecular complexity index is 2760. The SMILES string of the molecule is Bc1c(B)c(B)c(-c2nc3ccccc3n2-c2ccc(-c3c4ccccc4c(-c4cccc(-c5ccccc5)c4)c4ccccc34)cc2)c(B)c1B. The molecule has 1 aromatic heterocycles. The first-order valence-corrected chi connectivity index (χ1v) is 18.2. The average molecular weight is 658 g/mol. The molecule has 240 valence electrons. The van der Waals surface area contributed by atoms with Crippen molar-refractivity contribution in [1.82, 2.24) is 9.55 Å². The molecule has 0 amide bonds. The van der Waals surface area contributed by atoms with Gasteiger partial charge in [0.2, 0.25) is 0 Å². The van der Waals surface area contributed by atoms with Crippen LogP contribution in [0.15, 0.2) is 152 Å². The zero-order valence-electron chi connectivity index (χ0n) is 30.3. The maximum absolute atomic E-state index is 5.28. The number of hydrogen-bond donors (Lipinski definition) is 0. The summed E-state index contributed by atoms with van der Waals surface area (Å²) >= 11 is 0. The Labute approximate surface area is 309 Å². The highest BCUT2D eigenvalue weighted by atomic mass is 15.1. The zero-order valence-corrected chi connectivity index (χ0v) is 30.3. The van der Waals surface area contributed by atoms with Crippen molar-refractivity contribution in [1.29, 1.82) is 0 Å². The lowest BCUT2D eigenvalue weighted by molar-refractivity contribution is 1.11. The van der Waals surface area contributed by atoms with E-state index in [-0.39, 0.29) is 0 Å². The molecule has 7 heteroatoms. The molecule has 0 unspecified atom stereocenters. The second-order valence-corrected chi connectivity index (χ2v) is 14.1. The zero-order chi connectivity index (χ0) is 35.5. The smallest absolute Gasteiger partial charge is 0.144 e. The van der Waals surface area contributed by atoms with E-state index in [2.05, 4.69) is 195 Å². The summed E-state index contributed by atoms with van der Waals surface area (Å²) in [5, 5.41) is 5.01. The molecule has 0 N–H and O–H groups in total. The molecule has 0 spiro atoms. The van der Waals surface area contributed by atoms with Crippen LogP contribution < -0.4 is 27.3 Å². The van der Waals surface area contributed by atoms with Crippen LogP contribution in [-0.2, 0) is 0 Å². The molecule has 0 radical (unpaired) electrons. The summed E-state index contributed by atoms with van der Waals surface area (Å²) in [5.74, 6) is 0.994. The van der Waals surface area contributed by atoms with Gasteiger partial charge in [0.15, 0.2) is 0 Å². The number of hydrogen-bond acceptors (Lipinski definition) is 1. The first-order chi connectivity index (χ1) is 25.4. The third kappa shape index (κ3) is 5.06. The van der Waals surface area contributed by atoms with Crippen LogP contribution >= 0.6 is 0 Å². The van der Waals surface area contributed by atoms with Gasteiger partial charge in [0, 0.05) is 11.3 Å². The average Bonchev–Trinajstić information content (AvgIpc) is 3.58. The number of fused-ring (bicyclic) bond motifs is 3. The fraction of sp³-hybridized carbons (Fsp3) is 0. The Morgan fingerprint density at radius 2 is 0.846 bits per heavy atom. The predicted octanol–water partition coefficient (Wildman–Crippen LogP) is 3.29. The molecule has 2 nitrogen and oxygen atoms in total. The van der Waals surface area contributed by atoms with E-state index in [1.165, 1.54) is 87.8 Å². The Morgan fingerprint density at radius 1 is 0.365 bits per heavy atom. The highest BCUT2D eigenvalue weighted by Crippen LogP contribution is 2.44. The Morgan fingerprint density at radius 3 is 1.46 bits per heavy atom. The summed E-state index contributed by atoms with van der Waals surface area (Å²) in [6, 6.07) is 55.1. The standard InChI is InChI=1S/C45H35B5N2/c46-40-39(41(47)43(49)44(50)42(40)48)45-51-35-19-8-9-20-36(35)52(45)30-23-21-27(22-24-30)37-31-15-4-6-17-33(31)38(34-18-7-5-16-32(34)37)29-14-10-13-28(25-29)26-11-2-1-3-12-26/h1-25H,46-50H2. The lowest BCUT2D eigenvalue weighted by atomic mass is 9.60. The summed E-state index contributed by atoms with van der Waals surface area (Å²) in [7, 11) is 11.2. The second-order valence-electron chi connectivity index (χ2n) is 14.1. The fourth-order valence-electron chi connectivity index (χ4n) is 8.30. The summed E-state index contributed by atoms with van der Waals surface area (Å²) in [6.07, 6.45) is 0. The first-order valence-electron chi connectivity index (χ1n) is 18.2. The van der Waals surface area contributed by atoms with Crippen LogP contribution in [-0.4, -0.2) is 48.8 Å². The molecule has 0 atom stereocenters. The van der Waals surface area contributed by atoms with Gasteiger partial charge >= 0.3 is 0 Å². The van der Waals surface area contributed by atoms with Gasteiger partial charge in [-0.15, -0.1) is 16.4 Å². The quantitative estimate of drug-likeness (QED) is 0.205. The van der Waals surface area contributed by atoms with E-state index in [4.69, 9.17) is 4.98 Å². The lowest BCUT2D eigenvalue weighted by Gasteiger charge is -2.21. The number of aromatic nitrogens is 2. The molecule has 0 aliphatic heterocycles. The number of nitrogens with zero attached hydrogens (tertiary/aromatic N) is 2. The fourth-order valence-corrected chi connectivity index (χ4v) is 8.30. The van der Waals surface area contributed by atoms with Crippen molar-refractivity contribution >= 4 is 99.1 Å². The maximum Gasteiger partial charge on any atom is 0.144 e. The van der Waals surface area contributed by atoms with Gasteiger partial charge in [-0.3, -0.25) is 4.57 Å². The number of imidazole rings is 1. The molecular weight excluding hydrogens is 623 g/mol. The monoisotopic (exact) mass is 658 g/mol. The van der Waals surface area contributed by atoms with Gasteiger partial charge in [-0.2, -0.15) is 0 Å². The molecule has 0 bridgehead atoms. The molecule has 9 rings (SSSR count). The highest BCUT2D eigenvalue weighted by Gasteiger charge is 2.21. The van der Waals surface area contributed by atoms with Crippen molar-refractivity contribution in [2.45, 2.75) is 0 Å². The summed E-state index contributed by atoms with van der Waals surface area (Å²) in [6.45, 7) is 0. The van der Waals surface area contributed by atoms with Gasteiger partial charge in [0.05, 0.1) is 11.0 Å². The topological polar surface area (TPSA) is 17.8 Å². The van der Waals surface area contributed by atoms with Gasteiger partial charge in [0.25, 0.3) is 0 Å². The van der Waals surface area contributed by atoms with Crippen molar-refractivity contribution < 1.29 is 0 Å². The van der Waals surface area contributed by atoms with Crippen LogP contribution in [0, 0.1) is 0 Å². The van der Waals surface area contributed by atoms with Gasteiger partial charge in [-0.25, -0.2) is 4.98 Å². The summed E-state index contributed by atoms with van der Waals surface area (Å²) in [5.41, 5.74) is 18.4. The van der Waals surface area contributed by atoms with Crippen molar-refractivity contribution in [3.8, 4) is 50.5 Å². The van der Waals surface area contributed by atoms with E-state index in [0.717, 1.165) is 22.5 Å². The van der Waals surface area contributed by atoms with Crippen molar-refractivity contribution in [2.24, 2.45) is 0 Å². The molecule has 8 aromatic carbocycles. The minimum atomic E-state index is 0.994. The minimum Gasteiger partial charge on any atom is -0.292 e. The Balaban J connectivity index is 1.24. The Hall–Kier alpha value is -5.93. The van der Waals surface area contributed by atoms with E-state index in [1.807, 2.05) is 0 Å². The van der Waals surface area contributed by atoms with Crippen molar-refractivity contribution in [3.05, 3.63) is 152 Å². The third-order valence-electron chi connectivity index (χ3n) is 11.4. The lowest BCUT2D eigenvalue weighted by Crippen LogP contribution is -2.55. The largest absolute Gasteiger partial charge is 0.292 e. The molecule has 0 aliphatic rings. The molecule has 9 aromatic rings. The molecule has 0 fully saturated rings. The van der Waals surface area contributed by atoms with E-state index in [0.29, 0.717) is 0 Å². The molecule has 52 heavy (non-hydrogen) atoms. The van der Waals surface area contributed by atoms with E-state index >= 15 is 0 Å². The van der Waals surface area contributed by atoms with Gasteiger partial charge in [-0.05, 0) is 85.3 Å². The summed E-state index contributed by atoms with van der Waals surface area (Å²) < 4.78 is 2.35. The molecule has 1 heterocycles. The third-order valence-corrected chi connectivity index (χ3v) is 11.4. The van der Waals surface area contributed by atoms with Crippen molar-refractivity contribution in [2.75, 3.05) is 0 Å². The molecular formula is C45H35B5N2. The number of benzene rings is 8. The van der Waals surface area contributed by atoms with Crippen LogP contribution in [0.25, 0.3) is 83.0 Å². The van der Waals surface area contributed by atoms with Gasteiger partial charge in [-0.1, -0.05) is 132 Å².